The number of rotatable bonds is 3. The molecule has 4 N–H and O–H groups in total. The van der Waals surface area contributed by atoms with Gasteiger partial charge in [0.15, 0.2) is 10.8 Å². The van der Waals surface area contributed by atoms with Crippen LogP contribution in [0.5, 0.6) is 0 Å². The van der Waals surface area contributed by atoms with Crippen molar-refractivity contribution in [3.63, 3.8) is 0 Å². The van der Waals surface area contributed by atoms with E-state index in [0.29, 0.717) is 11.4 Å². The van der Waals surface area contributed by atoms with E-state index in [1.54, 1.807) is 18.3 Å². The van der Waals surface area contributed by atoms with Gasteiger partial charge in [-0.3, -0.25) is 0 Å². The molecule has 0 radical (unpaired) electrons. The van der Waals surface area contributed by atoms with Crippen molar-refractivity contribution in [2.45, 2.75) is 0 Å². The molecule has 0 aliphatic rings. The topological polar surface area (TPSA) is 93.2 Å². The van der Waals surface area contributed by atoms with Gasteiger partial charge in [-0.1, -0.05) is 12.1 Å². The van der Waals surface area contributed by atoms with Gasteiger partial charge in [0.2, 0.25) is 0 Å². The second-order valence-corrected chi connectivity index (χ2v) is 3.90. The largest absolute Gasteiger partial charge is 0.476 e. The molecule has 1 aromatic carbocycles. The highest BCUT2D eigenvalue weighted by Crippen LogP contribution is 2.19. The van der Waals surface area contributed by atoms with Gasteiger partial charge in [-0.05, 0) is 30.4 Å². The Morgan fingerprint density at radius 2 is 2.11 bits per heavy atom. The number of para-hydroxylation sites is 2. The predicted octanol–water partition coefficient (Wildman–Crippen LogP) is 1.23. The fourth-order valence-electron chi connectivity index (χ4n) is 1.48. The summed E-state index contributed by atoms with van der Waals surface area (Å²) >= 11 is 4.78. The van der Waals surface area contributed by atoms with Gasteiger partial charge < -0.3 is 16.2 Å². The Kier molecular flexibility index (Phi) is 3.24. The molecule has 18 heavy (non-hydrogen) atoms. The van der Waals surface area contributed by atoms with Gasteiger partial charge in [-0.2, -0.15) is 5.10 Å². The van der Waals surface area contributed by atoms with Gasteiger partial charge in [0.25, 0.3) is 0 Å². The number of benzene rings is 1. The van der Waals surface area contributed by atoms with E-state index in [2.05, 4.69) is 10.4 Å². The Labute approximate surface area is 108 Å². The molecule has 0 aliphatic carbocycles. The minimum Gasteiger partial charge on any atom is -0.476 e. The number of anilines is 1. The number of carboxylic acid groups (broad SMARTS) is 1. The normalized spacial score (nSPS) is 10.0. The standard InChI is InChI=1S/C11H10N4O2S/c12-11(18)13-7-3-1-2-4-9(7)15-6-5-8(14-15)10(16)17/h1-6H,(H,16,17)(H3,12,13,18). The van der Waals surface area contributed by atoms with Crippen molar-refractivity contribution in [2.75, 3.05) is 5.32 Å². The van der Waals surface area contributed by atoms with E-state index in [1.807, 2.05) is 12.1 Å². The van der Waals surface area contributed by atoms with Crippen LogP contribution in [0.1, 0.15) is 10.5 Å². The third-order valence-electron chi connectivity index (χ3n) is 2.22. The highest BCUT2D eigenvalue weighted by atomic mass is 32.1. The van der Waals surface area contributed by atoms with Crippen LogP contribution in [-0.4, -0.2) is 26.0 Å². The van der Waals surface area contributed by atoms with Crippen LogP contribution < -0.4 is 11.1 Å². The fraction of sp³-hybridized carbons (Fsp3) is 0. The summed E-state index contributed by atoms with van der Waals surface area (Å²) in [4.78, 5) is 10.8. The number of nitrogens with zero attached hydrogens (tertiary/aromatic N) is 2. The highest BCUT2D eigenvalue weighted by molar-refractivity contribution is 7.80. The number of nitrogens with one attached hydrogen (secondary N) is 1. The van der Waals surface area contributed by atoms with Gasteiger partial charge in [0, 0.05) is 6.20 Å². The summed E-state index contributed by atoms with van der Waals surface area (Å²) in [5, 5.41) is 15.7. The van der Waals surface area contributed by atoms with Crippen molar-refractivity contribution in [2.24, 2.45) is 5.73 Å². The maximum atomic E-state index is 10.8. The number of hydrogen-bond donors (Lipinski definition) is 3. The first-order chi connectivity index (χ1) is 8.58. The number of aromatic nitrogens is 2. The van der Waals surface area contributed by atoms with Crippen LogP contribution in [0.3, 0.4) is 0 Å². The predicted molar refractivity (Wildman–Crippen MR) is 70.9 cm³/mol. The van der Waals surface area contributed by atoms with Gasteiger partial charge in [0.1, 0.15) is 0 Å². The number of hydrogen-bond acceptors (Lipinski definition) is 3. The monoisotopic (exact) mass is 262 g/mol. The van der Waals surface area contributed by atoms with Crippen LogP contribution in [-0.2, 0) is 0 Å². The number of carboxylic acids is 1. The molecule has 0 saturated heterocycles. The molecule has 0 bridgehead atoms. The molecule has 7 heteroatoms. The zero-order valence-electron chi connectivity index (χ0n) is 9.20. The third kappa shape index (κ3) is 2.46. The Morgan fingerprint density at radius 3 is 2.72 bits per heavy atom. The van der Waals surface area contributed by atoms with Gasteiger partial charge in [-0.15, -0.1) is 0 Å². The molecule has 2 aromatic rings. The van der Waals surface area contributed by atoms with E-state index in [4.69, 9.17) is 23.1 Å². The first-order valence-electron chi connectivity index (χ1n) is 5.03. The molecule has 2 rings (SSSR count). The minimum atomic E-state index is -1.08. The van der Waals surface area contributed by atoms with Crippen LogP contribution in [0.4, 0.5) is 5.69 Å². The first kappa shape index (κ1) is 12.1. The Balaban J connectivity index is 2.42. The van der Waals surface area contributed by atoms with E-state index in [9.17, 15) is 4.79 Å². The lowest BCUT2D eigenvalue weighted by Crippen LogP contribution is -2.20. The molecule has 0 amide bonds. The van der Waals surface area contributed by atoms with Crippen LogP contribution in [0.15, 0.2) is 36.5 Å². The molecule has 0 fully saturated rings. The van der Waals surface area contributed by atoms with Crippen molar-refractivity contribution >= 4 is 29.0 Å². The summed E-state index contributed by atoms with van der Waals surface area (Å²) in [5.74, 6) is -1.08. The Hall–Kier alpha value is -2.41. The zero-order chi connectivity index (χ0) is 13.1. The molecule has 0 saturated carbocycles. The first-order valence-corrected chi connectivity index (χ1v) is 5.43. The van der Waals surface area contributed by atoms with Crippen molar-refractivity contribution in [3.05, 3.63) is 42.2 Å². The lowest BCUT2D eigenvalue weighted by atomic mass is 10.2. The maximum Gasteiger partial charge on any atom is 0.356 e. The van der Waals surface area contributed by atoms with E-state index < -0.39 is 5.97 Å². The van der Waals surface area contributed by atoms with Crippen molar-refractivity contribution in [1.29, 1.82) is 0 Å². The SMILES string of the molecule is NC(=S)Nc1ccccc1-n1ccc(C(=O)O)n1. The van der Waals surface area contributed by atoms with Crippen LogP contribution in [0.2, 0.25) is 0 Å². The molecular weight excluding hydrogens is 252 g/mol. The molecular formula is C11H10N4O2S. The van der Waals surface area contributed by atoms with Gasteiger partial charge >= 0.3 is 5.97 Å². The summed E-state index contributed by atoms with van der Waals surface area (Å²) in [6, 6.07) is 8.59. The van der Waals surface area contributed by atoms with E-state index in [-0.39, 0.29) is 10.8 Å². The number of thiocarbonyl (C=S) groups is 1. The van der Waals surface area contributed by atoms with E-state index in [0.717, 1.165) is 0 Å². The molecule has 0 unspecified atom stereocenters. The molecule has 6 nitrogen and oxygen atoms in total. The fourth-order valence-corrected chi connectivity index (χ4v) is 1.59. The summed E-state index contributed by atoms with van der Waals surface area (Å²) in [7, 11) is 0. The lowest BCUT2D eigenvalue weighted by molar-refractivity contribution is 0.0690. The molecule has 0 aliphatic heterocycles. The smallest absolute Gasteiger partial charge is 0.356 e. The lowest BCUT2D eigenvalue weighted by Gasteiger charge is -2.10. The Morgan fingerprint density at radius 1 is 1.39 bits per heavy atom. The summed E-state index contributed by atoms with van der Waals surface area (Å²) < 4.78 is 1.45. The number of carbonyl (C=O) groups is 1. The molecule has 0 atom stereocenters. The summed E-state index contributed by atoms with van der Waals surface area (Å²) in [5.41, 5.74) is 6.72. The molecule has 0 spiro atoms. The quantitative estimate of drug-likeness (QED) is 0.720. The third-order valence-corrected chi connectivity index (χ3v) is 2.32. The van der Waals surface area contributed by atoms with E-state index in [1.165, 1.54) is 10.7 Å². The molecule has 92 valence electrons. The average molecular weight is 262 g/mol. The average Bonchev–Trinajstić information content (AvgIpc) is 2.78. The van der Waals surface area contributed by atoms with Crippen LogP contribution in [0, 0.1) is 0 Å². The maximum absolute atomic E-state index is 10.8. The summed E-state index contributed by atoms with van der Waals surface area (Å²) in [6.07, 6.45) is 1.56. The van der Waals surface area contributed by atoms with Crippen molar-refractivity contribution < 1.29 is 9.90 Å². The highest BCUT2D eigenvalue weighted by Gasteiger charge is 2.10. The minimum absolute atomic E-state index is 0.0277. The zero-order valence-corrected chi connectivity index (χ0v) is 10.0. The second-order valence-electron chi connectivity index (χ2n) is 3.46. The number of aromatic carboxylic acids is 1. The Bertz CT molecular complexity index is 609. The second kappa shape index (κ2) is 4.84. The van der Waals surface area contributed by atoms with Crippen LogP contribution in [0.25, 0.3) is 5.69 Å². The van der Waals surface area contributed by atoms with Gasteiger partial charge in [-0.25, -0.2) is 9.48 Å². The van der Waals surface area contributed by atoms with E-state index >= 15 is 0 Å². The van der Waals surface area contributed by atoms with Crippen molar-refractivity contribution in [3.8, 4) is 5.69 Å². The molecule has 1 heterocycles. The van der Waals surface area contributed by atoms with Crippen molar-refractivity contribution in [1.82, 2.24) is 9.78 Å². The van der Waals surface area contributed by atoms with Gasteiger partial charge in [0.05, 0.1) is 11.4 Å². The number of nitrogens with two attached hydrogens (primary N) is 1. The van der Waals surface area contributed by atoms with Crippen LogP contribution >= 0.6 is 12.2 Å². The summed E-state index contributed by atoms with van der Waals surface area (Å²) in [6.45, 7) is 0. The molecule has 1 aromatic heterocycles.